The first kappa shape index (κ1) is 12.1. The van der Waals surface area contributed by atoms with E-state index in [1.807, 2.05) is 0 Å². The lowest BCUT2D eigenvalue weighted by atomic mass is 10.1. The Bertz CT molecular complexity index is 835. The van der Waals surface area contributed by atoms with Crippen LogP contribution < -0.4 is 5.73 Å². The molecule has 96 valence electrons. The van der Waals surface area contributed by atoms with E-state index in [0.717, 1.165) is 5.56 Å². The molecule has 5 heteroatoms. The fraction of sp³-hybridized carbons (Fsp3) is 0. The van der Waals surface area contributed by atoms with Crippen LogP contribution in [0.5, 0.6) is 0 Å². The van der Waals surface area contributed by atoms with E-state index in [1.165, 1.54) is 12.1 Å². The topological polar surface area (TPSA) is 64.7 Å². The summed E-state index contributed by atoms with van der Waals surface area (Å²) in [4.78, 5) is 12.5. The summed E-state index contributed by atoms with van der Waals surface area (Å²) in [5.41, 5.74) is 8.46. The molecular weight excluding hydrogens is 255 g/mol. The monoisotopic (exact) mass is 264 g/mol. The first-order chi connectivity index (χ1) is 9.67. The minimum Gasteiger partial charge on any atom is -0.368 e. The molecule has 0 amide bonds. The van der Waals surface area contributed by atoms with E-state index >= 15 is 0 Å². The van der Waals surface area contributed by atoms with Gasteiger partial charge in [-0.15, -0.1) is 6.42 Å². The number of benzene rings is 1. The molecule has 0 aliphatic heterocycles. The molecule has 0 fully saturated rings. The van der Waals surface area contributed by atoms with Crippen LogP contribution in [0.1, 0.15) is 5.69 Å². The van der Waals surface area contributed by atoms with Gasteiger partial charge in [0.05, 0.1) is 11.2 Å². The molecule has 0 unspecified atom stereocenters. The summed E-state index contributed by atoms with van der Waals surface area (Å²) in [7, 11) is 0. The lowest BCUT2D eigenvalue weighted by Gasteiger charge is -2.05. The predicted octanol–water partition coefficient (Wildman–Crippen LogP) is 2.39. The lowest BCUT2D eigenvalue weighted by molar-refractivity contribution is 0.628. The molecule has 0 bridgehead atoms. The number of nitrogens with two attached hydrogens (primary N) is 1. The third-order valence-electron chi connectivity index (χ3n) is 2.84. The minimum absolute atomic E-state index is 0.113. The van der Waals surface area contributed by atoms with Crippen molar-refractivity contribution in [1.82, 2.24) is 15.0 Å². The number of aromatic nitrogens is 3. The quantitative estimate of drug-likeness (QED) is 0.685. The lowest BCUT2D eigenvalue weighted by Crippen LogP contribution is -2.00. The molecule has 1 aromatic carbocycles. The van der Waals surface area contributed by atoms with Crippen molar-refractivity contribution in [2.75, 3.05) is 5.73 Å². The fourth-order valence-electron chi connectivity index (χ4n) is 1.91. The predicted molar refractivity (Wildman–Crippen MR) is 75.1 cm³/mol. The molecular formula is C15H9FN4. The van der Waals surface area contributed by atoms with E-state index in [9.17, 15) is 4.39 Å². The van der Waals surface area contributed by atoms with Gasteiger partial charge in [-0.1, -0.05) is 0 Å². The van der Waals surface area contributed by atoms with Crippen LogP contribution in [0.25, 0.3) is 22.3 Å². The zero-order valence-corrected chi connectivity index (χ0v) is 10.3. The van der Waals surface area contributed by atoms with E-state index in [2.05, 4.69) is 20.9 Å². The van der Waals surface area contributed by atoms with Crippen molar-refractivity contribution in [3.63, 3.8) is 0 Å². The molecule has 20 heavy (non-hydrogen) atoms. The van der Waals surface area contributed by atoms with Gasteiger partial charge in [0, 0.05) is 5.56 Å². The standard InChI is InChI=1S/C15H9FN4/c1-2-11-14-13(20-15(17)19-11)8-7-12(18-14)9-3-5-10(16)6-4-9/h1,3-8H,(H2,17,19,20). The average Bonchev–Trinajstić information content (AvgIpc) is 2.46. The number of nitrogens with zero attached hydrogens (tertiary/aromatic N) is 3. The highest BCUT2D eigenvalue weighted by atomic mass is 19.1. The normalized spacial score (nSPS) is 10.4. The summed E-state index contributed by atoms with van der Waals surface area (Å²) >= 11 is 0. The van der Waals surface area contributed by atoms with Crippen LogP contribution in [0.4, 0.5) is 10.3 Å². The van der Waals surface area contributed by atoms with Gasteiger partial charge < -0.3 is 5.73 Å². The molecule has 0 aliphatic rings. The van der Waals surface area contributed by atoms with Crippen LogP contribution in [-0.2, 0) is 0 Å². The third-order valence-corrected chi connectivity index (χ3v) is 2.84. The fourth-order valence-corrected chi connectivity index (χ4v) is 1.91. The Morgan fingerprint density at radius 1 is 1.00 bits per heavy atom. The van der Waals surface area contributed by atoms with Gasteiger partial charge in [0.2, 0.25) is 5.95 Å². The first-order valence-electron chi connectivity index (χ1n) is 5.84. The summed E-state index contributed by atoms with van der Waals surface area (Å²) in [6.45, 7) is 0. The van der Waals surface area contributed by atoms with Gasteiger partial charge in [0.25, 0.3) is 0 Å². The van der Waals surface area contributed by atoms with Crippen molar-refractivity contribution in [3.05, 3.63) is 47.9 Å². The average molecular weight is 264 g/mol. The van der Waals surface area contributed by atoms with E-state index in [-0.39, 0.29) is 11.8 Å². The van der Waals surface area contributed by atoms with E-state index < -0.39 is 0 Å². The van der Waals surface area contributed by atoms with Crippen LogP contribution >= 0.6 is 0 Å². The Morgan fingerprint density at radius 3 is 2.45 bits per heavy atom. The smallest absolute Gasteiger partial charge is 0.221 e. The van der Waals surface area contributed by atoms with Crippen LogP contribution in [0.15, 0.2) is 36.4 Å². The number of rotatable bonds is 1. The summed E-state index contributed by atoms with van der Waals surface area (Å²) < 4.78 is 12.9. The molecule has 3 aromatic rings. The minimum atomic E-state index is -0.296. The maximum absolute atomic E-state index is 12.9. The van der Waals surface area contributed by atoms with Crippen LogP contribution in [0, 0.1) is 18.2 Å². The zero-order chi connectivity index (χ0) is 14.1. The van der Waals surface area contributed by atoms with Crippen LogP contribution in [-0.4, -0.2) is 15.0 Å². The summed E-state index contributed by atoms with van der Waals surface area (Å²) in [6.07, 6.45) is 5.41. The third kappa shape index (κ3) is 2.04. The van der Waals surface area contributed by atoms with E-state index in [1.54, 1.807) is 24.3 Å². The van der Waals surface area contributed by atoms with Gasteiger partial charge in [-0.2, -0.15) is 0 Å². The molecule has 0 aliphatic carbocycles. The number of anilines is 1. The van der Waals surface area contributed by atoms with Crippen LogP contribution in [0.3, 0.4) is 0 Å². The number of hydrogen-bond acceptors (Lipinski definition) is 4. The highest BCUT2D eigenvalue weighted by Gasteiger charge is 2.08. The van der Waals surface area contributed by atoms with Crippen molar-refractivity contribution >= 4 is 17.0 Å². The van der Waals surface area contributed by atoms with Crippen LogP contribution in [0.2, 0.25) is 0 Å². The van der Waals surface area contributed by atoms with Gasteiger partial charge in [-0.25, -0.2) is 19.3 Å². The second-order valence-corrected chi connectivity index (χ2v) is 4.15. The molecule has 0 saturated carbocycles. The Hall–Kier alpha value is -3.00. The van der Waals surface area contributed by atoms with Crippen molar-refractivity contribution in [2.45, 2.75) is 0 Å². The highest BCUT2D eigenvalue weighted by molar-refractivity contribution is 5.83. The second kappa shape index (κ2) is 4.59. The Balaban J connectivity index is 2.22. The molecule has 2 heterocycles. The van der Waals surface area contributed by atoms with Crippen molar-refractivity contribution in [1.29, 1.82) is 0 Å². The largest absolute Gasteiger partial charge is 0.368 e. The molecule has 0 radical (unpaired) electrons. The maximum atomic E-state index is 12.9. The molecule has 0 atom stereocenters. The van der Waals surface area contributed by atoms with Gasteiger partial charge in [-0.05, 0) is 42.3 Å². The molecule has 0 saturated heterocycles. The van der Waals surface area contributed by atoms with E-state index in [4.69, 9.17) is 12.2 Å². The summed E-state index contributed by atoms with van der Waals surface area (Å²) in [5.74, 6) is 2.26. The number of hydrogen-bond donors (Lipinski definition) is 1. The molecule has 2 N–H and O–H groups in total. The molecule has 0 spiro atoms. The molecule has 2 aromatic heterocycles. The molecule has 4 nitrogen and oxygen atoms in total. The highest BCUT2D eigenvalue weighted by Crippen LogP contribution is 2.22. The Kier molecular flexibility index (Phi) is 2.77. The Labute approximate surface area is 114 Å². The zero-order valence-electron chi connectivity index (χ0n) is 10.3. The summed E-state index contributed by atoms with van der Waals surface area (Å²) in [5, 5.41) is 0. The number of fused-ring (bicyclic) bond motifs is 1. The number of nitrogen functional groups attached to an aromatic ring is 1. The SMILES string of the molecule is C#Cc1nc(N)nc2ccc(-c3ccc(F)cc3)nc12. The number of terminal acetylenes is 1. The van der Waals surface area contributed by atoms with Gasteiger partial charge in [-0.3, -0.25) is 0 Å². The van der Waals surface area contributed by atoms with Gasteiger partial charge >= 0.3 is 0 Å². The van der Waals surface area contributed by atoms with E-state index in [0.29, 0.717) is 22.4 Å². The van der Waals surface area contributed by atoms with Crippen molar-refractivity contribution in [3.8, 4) is 23.6 Å². The van der Waals surface area contributed by atoms with Gasteiger partial charge in [0.1, 0.15) is 17.0 Å². The number of pyridine rings is 1. The summed E-state index contributed by atoms with van der Waals surface area (Å²) in [6, 6.07) is 9.60. The second-order valence-electron chi connectivity index (χ2n) is 4.15. The number of halogens is 1. The van der Waals surface area contributed by atoms with Crippen molar-refractivity contribution < 1.29 is 4.39 Å². The molecule has 3 rings (SSSR count). The Morgan fingerprint density at radius 2 is 1.75 bits per heavy atom. The van der Waals surface area contributed by atoms with Gasteiger partial charge in [0.15, 0.2) is 0 Å². The first-order valence-corrected chi connectivity index (χ1v) is 5.84. The maximum Gasteiger partial charge on any atom is 0.221 e. The van der Waals surface area contributed by atoms with Crippen molar-refractivity contribution in [2.24, 2.45) is 0 Å².